The van der Waals surface area contributed by atoms with Gasteiger partial charge in [0.1, 0.15) is 11.6 Å². The van der Waals surface area contributed by atoms with E-state index < -0.39 is 0 Å². The Hall–Kier alpha value is -2.42. The van der Waals surface area contributed by atoms with Gasteiger partial charge in [0.25, 0.3) is 0 Å². The van der Waals surface area contributed by atoms with E-state index in [0.29, 0.717) is 25.9 Å². The Balaban J connectivity index is 2.08. The smallest absolute Gasteiger partial charge is 0.159 e. The van der Waals surface area contributed by atoms with E-state index >= 15 is 0 Å². The van der Waals surface area contributed by atoms with Gasteiger partial charge in [0.2, 0.25) is 0 Å². The maximum Gasteiger partial charge on any atom is 0.159 e. The Morgan fingerprint density at radius 3 is 2.47 bits per heavy atom. The van der Waals surface area contributed by atoms with Gasteiger partial charge in [0, 0.05) is 17.9 Å². The molecular weight excluding hydrogens is 375 g/mol. The van der Waals surface area contributed by atoms with Crippen molar-refractivity contribution in [3.63, 3.8) is 0 Å². The number of halogens is 1. The molecule has 0 saturated carbocycles. The largest absolute Gasteiger partial charge is 0.492 e. The first-order valence-electron chi connectivity index (χ1n) is 10.7. The van der Waals surface area contributed by atoms with Gasteiger partial charge in [-0.3, -0.25) is 4.79 Å². The molecule has 0 fully saturated rings. The number of allylic oxidation sites excluding steroid dienone is 4. The maximum atomic E-state index is 13.5. The lowest BCUT2D eigenvalue weighted by atomic mass is 9.70. The number of ketones is 1. The molecule has 0 amide bonds. The molecule has 0 aromatic heterocycles. The highest BCUT2D eigenvalue weighted by atomic mass is 19.1. The van der Waals surface area contributed by atoms with Crippen LogP contribution in [0.15, 0.2) is 64.8 Å². The highest BCUT2D eigenvalue weighted by Gasteiger charge is 2.35. The number of benzene rings is 1. The Morgan fingerprint density at radius 1 is 1.20 bits per heavy atom. The predicted octanol–water partition coefficient (Wildman–Crippen LogP) is 7.19. The summed E-state index contributed by atoms with van der Waals surface area (Å²) in [4.78, 5) is 13.0. The number of rotatable bonds is 6. The van der Waals surface area contributed by atoms with Crippen LogP contribution in [0.4, 0.5) is 4.39 Å². The van der Waals surface area contributed by atoms with Gasteiger partial charge in [-0.05, 0) is 80.9 Å². The van der Waals surface area contributed by atoms with Crippen molar-refractivity contribution < 1.29 is 13.9 Å². The van der Waals surface area contributed by atoms with Crippen LogP contribution < -0.4 is 0 Å². The van der Waals surface area contributed by atoms with Crippen LogP contribution in [0.25, 0.3) is 5.76 Å². The standard InChI is InChI=1S/C27H33FO2/c1-17(2)7-12-22-20(14-27(5,6)15-25(22)29)13-23-24(18(3)4)16-30-26(23)19-8-10-21(28)11-9-19/h7-11,24H,3,12-16H2,1-2,4-6H3. The normalized spacial score (nSPS) is 21.0. The minimum absolute atomic E-state index is 0.0460. The predicted molar refractivity (Wildman–Crippen MR) is 121 cm³/mol. The van der Waals surface area contributed by atoms with E-state index in [9.17, 15) is 9.18 Å². The topological polar surface area (TPSA) is 26.3 Å². The number of hydrogen-bond donors (Lipinski definition) is 0. The first-order valence-corrected chi connectivity index (χ1v) is 10.7. The van der Waals surface area contributed by atoms with E-state index in [1.807, 2.05) is 6.92 Å². The third-order valence-corrected chi connectivity index (χ3v) is 6.02. The molecule has 1 aliphatic heterocycles. The van der Waals surface area contributed by atoms with Crippen LogP contribution in [0.1, 0.15) is 65.9 Å². The van der Waals surface area contributed by atoms with E-state index in [4.69, 9.17) is 4.74 Å². The molecule has 30 heavy (non-hydrogen) atoms. The van der Waals surface area contributed by atoms with Crippen molar-refractivity contribution in [3.8, 4) is 0 Å². The average Bonchev–Trinajstić information content (AvgIpc) is 3.04. The van der Waals surface area contributed by atoms with Gasteiger partial charge in [-0.25, -0.2) is 4.39 Å². The number of carbonyl (C=O) groups is 1. The van der Waals surface area contributed by atoms with E-state index in [2.05, 4.69) is 40.3 Å². The van der Waals surface area contributed by atoms with Crippen LogP contribution >= 0.6 is 0 Å². The third-order valence-electron chi connectivity index (χ3n) is 6.02. The number of hydrogen-bond acceptors (Lipinski definition) is 2. The van der Waals surface area contributed by atoms with Crippen LogP contribution in [-0.2, 0) is 9.53 Å². The molecule has 1 aliphatic carbocycles. The summed E-state index contributed by atoms with van der Waals surface area (Å²) in [7, 11) is 0. The average molecular weight is 409 g/mol. The number of carbonyl (C=O) groups excluding carboxylic acids is 1. The maximum absolute atomic E-state index is 13.5. The van der Waals surface area contributed by atoms with Gasteiger partial charge in [0.05, 0.1) is 6.61 Å². The fourth-order valence-electron chi connectivity index (χ4n) is 4.48. The van der Waals surface area contributed by atoms with Crippen molar-refractivity contribution in [2.45, 2.75) is 60.3 Å². The molecule has 160 valence electrons. The summed E-state index contributed by atoms with van der Waals surface area (Å²) in [5, 5.41) is 0. The molecule has 1 heterocycles. The van der Waals surface area contributed by atoms with Crippen LogP contribution in [0, 0.1) is 17.2 Å². The minimum atomic E-state index is -0.262. The van der Waals surface area contributed by atoms with Crippen molar-refractivity contribution in [1.82, 2.24) is 0 Å². The summed E-state index contributed by atoms with van der Waals surface area (Å²) in [6.45, 7) is 15.2. The van der Waals surface area contributed by atoms with E-state index in [0.717, 1.165) is 34.5 Å². The van der Waals surface area contributed by atoms with E-state index in [-0.39, 0.29) is 22.9 Å². The lowest BCUT2D eigenvalue weighted by Gasteiger charge is -2.33. The summed E-state index contributed by atoms with van der Waals surface area (Å²) in [6.07, 6.45) is 5.01. The molecule has 0 radical (unpaired) electrons. The minimum Gasteiger partial charge on any atom is -0.492 e. The monoisotopic (exact) mass is 408 g/mol. The van der Waals surface area contributed by atoms with Gasteiger partial charge in [-0.2, -0.15) is 0 Å². The van der Waals surface area contributed by atoms with Crippen molar-refractivity contribution >= 4 is 11.5 Å². The summed E-state index contributed by atoms with van der Waals surface area (Å²) < 4.78 is 19.6. The first-order chi connectivity index (χ1) is 14.1. The zero-order valence-electron chi connectivity index (χ0n) is 18.9. The Labute approximate surface area is 180 Å². The Bertz CT molecular complexity index is 938. The molecule has 1 atom stereocenters. The summed E-state index contributed by atoms with van der Waals surface area (Å²) in [6, 6.07) is 6.45. The van der Waals surface area contributed by atoms with Crippen molar-refractivity contribution in [2.75, 3.05) is 6.61 Å². The Kier molecular flexibility index (Phi) is 6.50. The highest BCUT2D eigenvalue weighted by Crippen LogP contribution is 2.45. The second kappa shape index (κ2) is 8.75. The third kappa shape index (κ3) is 5.00. The van der Waals surface area contributed by atoms with Crippen LogP contribution in [0.2, 0.25) is 0 Å². The molecule has 0 bridgehead atoms. The molecule has 3 heteroatoms. The molecule has 3 rings (SSSR count). The lowest BCUT2D eigenvalue weighted by molar-refractivity contribution is -0.118. The van der Waals surface area contributed by atoms with Gasteiger partial charge in [-0.15, -0.1) is 0 Å². The number of ether oxygens (including phenoxy) is 1. The van der Waals surface area contributed by atoms with Crippen LogP contribution in [0.5, 0.6) is 0 Å². The quantitative estimate of drug-likeness (QED) is 0.466. The molecule has 2 aliphatic rings. The zero-order valence-corrected chi connectivity index (χ0v) is 18.9. The van der Waals surface area contributed by atoms with Gasteiger partial charge in [-0.1, -0.05) is 43.2 Å². The van der Waals surface area contributed by atoms with E-state index in [1.165, 1.54) is 23.3 Å². The van der Waals surface area contributed by atoms with Crippen molar-refractivity contribution in [1.29, 1.82) is 0 Å². The summed E-state index contributed by atoms with van der Waals surface area (Å²) in [5.74, 6) is 0.922. The molecule has 2 nitrogen and oxygen atoms in total. The number of Topliss-reactive ketones (excluding diaryl/α,β-unsaturated/α-hetero) is 1. The van der Waals surface area contributed by atoms with Crippen LogP contribution in [0.3, 0.4) is 0 Å². The van der Waals surface area contributed by atoms with Crippen molar-refractivity contribution in [3.05, 3.63) is 76.2 Å². The Morgan fingerprint density at radius 2 is 1.87 bits per heavy atom. The molecular formula is C27H33FO2. The SMILES string of the molecule is C=C(C)C1COC(c2ccc(F)cc2)=C1CC1=C(CC=C(C)C)C(=O)CC(C)(C)C1. The van der Waals surface area contributed by atoms with Crippen molar-refractivity contribution in [2.24, 2.45) is 11.3 Å². The molecule has 1 unspecified atom stereocenters. The van der Waals surface area contributed by atoms with Crippen LogP contribution in [-0.4, -0.2) is 12.4 Å². The van der Waals surface area contributed by atoms with Gasteiger partial charge < -0.3 is 4.74 Å². The fourth-order valence-corrected chi connectivity index (χ4v) is 4.48. The molecule has 1 aromatic rings. The van der Waals surface area contributed by atoms with Gasteiger partial charge in [0.15, 0.2) is 5.78 Å². The lowest BCUT2D eigenvalue weighted by Crippen LogP contribution is -2.26. The first kappa shape index (κ1) is 22.3. The molecule has 0 spiro atoms. The molecule has 0 N–H and O–H groups in total. The summed E-state index contributed by atoms with van der Waals surface area (Å²) in [5.41, 5.74) is 6.42. The molecule has 0 saturated heterocycles. The molecule has 1 aromatic carbocycles. The zero-order chi connectivity index (χ0) is 22.1. The highest BCUT2D eigenvalue weighted by molar-refractivity contribution is 5.98. The van der Waals surface area contributed by atoms with E-state index in [1.54, 1.807) is 12.1 Å². The summed E-state index contributed by atoms with van der Waals surface area (Å²) >= 11 is 0. The van der Waals surface area contributed by atoms with Gasteiger partial charge >= 0.3 is 0 Å². The fraction of sp³-hybridized carbons (Fsp3) is 0.444. The second-order valence-electron chi connectivity index (χ2n) is 9.76. The second-order valence-corrected chi connectivity index (χ2v) is 9.76.